The fraction of sp³-hybridized carbons (Fsp3) is 0.476. The SMILES string of the molecule is Bc1cnc(Nc2ccc3c(c2)[nH]c(=O)n3C)nc1NC1C2CC3CC(O)(C2)CC31. The Bertz CT molecular complexity index is 1220. The van der Waals surface area contributed by atoms with Crippen LogP contribution in [-0.2, 0) is 7.05 Å². The van der Waals surface area contributed by atoms with Crippen LogP contribution in [0.25, 0.3) is 11.0 Å². The number of nitrogens with one attached hydrogen (secondary N) is 3. The van der Waals surface area contributed by atoms with E-state index in [-0.39, 0.29) is 5.69 Å². The number of hydrogen-bond acceptors (Lipinski definition) is 6. The van der Waals surface area contributed by atoms with E-state index >= 15 is 0 Å². The van der Waals surface area contributed by atoms with Gasteiger partial charge in [0.15, 0.2) is 0 Å². The predicted octanol–water partition coefficient (Wildman–Crippen LogP) is 0.620. The van der Waals surface area contributed by atoms with Crippen LogP contribution in [-0.4, -0.2) is 44.1 Å². The van der Waals surface area contributed by atoms with E-state index < -0.39 is 5.60 Å². The molecule has 4 bridgehead atoms. The maximum Gasteiger partial charge on any atom is 0.326 e. The summed E-state index contributed by atoms with van der Waals surface area (Å²) in [5, 5.41) is 17.6. The molecule has 0 saturated heterocycles. The zero-order valence-electron chi connectivity index (χ0n) is 17.1. The third-order valence-corrected chi connectivity index (χ3v) is 7.52. The van der Waals surface area contributed by atoms with E-state index in [0.29, 0.717) is 29.7 Å². The number of H-pyrrole nitrogens is 1. The molecule has 4 fully saturated rings. The number of anilines is 3. The van der Waals surface area contributed by atoms with Gasteiger partial charge in [-0.25, -0.2) is 9.78 Å². The van der Waals surface area contributed by atoms with E-state index in [1.807, 2.05) is 32.2 Å². The average molecular weight is 404 g/mol. The van der Waals surface area contributed by atoms with Gasteiger partial charge in [-0.05, 0) is 67.1 Å². The summed E-state index contributed by atoms with van der Waals surface area (Å²) < 4.78 is 1.59. The summed E-state index contributed by atoms with van der Waals surface area (Å²) >= 11 is 0. The van der Waals surface area contributed by atoms with Crippen molar-refractivity contribution < 1.29 is 5.11 Å². The zero-order chi connectivity index (χ0) is 20.6. The van der Waals surface area contributed by atoms with Crippen molar-refractivity contribution >= 4 is 41.8 Å². The summed E-state index contributed by atoms with van der Waals surface area (Å²) in [4.78, 5) is 23.9. The Morgan fingerprint density at radius 2 is 2.13 bits per heavy atom. The number of aliphatic hydroxyl groups is 1. The molecule has 4 saturated carbocycles. The Morgan fingerprint density at radius 1 is 1.30 bits per heavy atom. The molecule has 0 radical (unpaired) electrons. The molecule has 9 heteroatoms. The number of fused-ring (bicyclic) bond motifs is 1. The lowest BCUT2D eigenvalue weighted by atomic mass is 9.76. The van der Waals surface area contributed by atoms with Crippen LogP contribution >= 0.6 is 0 Å². The maximum absolute atomic E-state index is 11.8. The molecule has 0 aliphatic heterocycles. The maximum atomic E-state index is 11.8. The monoisotopic (exact) mass is 404 g/mol. The first-order valence-electron chi connectivity index (χ1n) is 10.7. The largest absolute Gasteiger partial charge is 0.390 e. The molecule has 154 valence electrons. The molecule has 4 aliphatic carbocycles. The number of aromatic amines is 1. The van der Waals surface area contributed by atoms with Crippen LogP contribution in [0.4, 0.5) is 17.5 Å². The zero-order valence-corrected chi connectivity index (χ0v) is 17.1. The first-order valence-corrected chi connectivity index (χ1v) is 10.7. The van der Waals surface area contributed by atoms with Gasteiger partial charge < -0.3 is 20.7 Å². The lowest BCUT2D eigenvalue weighted by Gasteiger charge is -2.38. The minimum atomic E-state index is -0.416. The average Bonchev–Trinajstić information content (AvgIpc) is 3.21. The summed E-state index contributed by atoms with van der Waals surface area (Å²) in [6.07, 6.45) is 5.83. The van der Waals surface area contributed by atoms with Crippen molar-refractivity contribution in [2.45, 2.75) is 37.3 Å². The van der Waals surface area contributed by atoms with E-state index in [1.54, 1.807) is 11.6 Å². The normalized spacial score (nSPS) is 31.5. The molecule has 3 aromatic rings. The van der Waals surface area contributed by atoms with E-state index in [1.165, 1.54) is 6.42 Å². The molecule has 2 aromatic heterocycles. The van der Waals surface area contributed by atoms with Crippen LogP contribution in [0.3, 0.4) is 0 Å². The molecule has 7 rings (SSSR count). The highest BCUT2D eigenvalue weighted by Crippen LogP contribution is 2.60. The molecule has 0 amide bonds. The number of aromatic nitrogens is 4. The van der Waals surface area contributed by atoms with Gasteiger partial charge in [-0.2, -0.15) is 4.98 Å². The molecule has 0 spiro atoms. The summed E-state index contributed by atoms with van der Waals surface area (Å²) in [5.74, 6) is 3.08. The first kappa shape index (κ1) is 18.0. The lowest BCUT2D eigenvalue weighted by molar-refractivity contribution is -0.0140. The third-order valence-electron chi connectivity index (χ3n) is 7.52. The molecule has 30 heavy (non-hydrogen) atoms. The molecule has 5 atom stereocenters. The van der Waals surface area contributed by atoms with Gasteiger partial charge in [-0.15, -0.1) is 0 Å². The van der Waals surface area contributed by atoms with Gasteiger partial charge in [0, 0.05) is 25.0 Å². The van der Waals surface area contributed by atoms with Crippen molar-refractivity contribution in [2.24, 2.45) is 24.8 Å². The van der Waals surface area contributed by atoms with Crippen molar-refractivity contribution in [3.8, 4) is 0 Å². The van der Waals surface area contributed by atoms with Crippen LogP contribution in [0.2, 0.25) is 0 Å². The highest BCUT2D eigenvalue weighted by Gasteiger charge is 2.60. The van der Waals surface area contributed by atoms with Gasteiger partial charge >= 0.3 is 5.69 Å². The Kier molecular flexibility index (Phi) is 3.66. The first-order chi connectivity index (χ1) is 14.4. The predicted molar refractivity (Wildman–Crippen MR) is 118 cm³/mol. The standard InChI is InChI=1S/C21H25BN6O2/c1-28-16-3-2-12(5-15(16)25-20(28)29)24-19-23-9-14(22)18(27-19)26-17-11-4-10-6-21(30,7-11)8-13(10)17/h2-3,5,9-11,13,17,30H,4,6-8,22H2,1H3,(H,25,29)(H2,23,24,26,27). The van der Waals surface area contributed by atoms with Crippen LogP contribution in [0.1, 0.15) is 25.7 Å². The van der Waals surface area contributed by atoms with Gasteiger partial charge in [-0.3, -0.25) is 4.57 Å². The number of nitrogens with zero attached hydrogens (tertiary/aromatic N) is 3. The minimum absolute atomic E-state index is 0.134. The van der Waals surface area contributed by atoms with Gasteiger partial charge in [0.2, 0.25) is 5.95 Å². The summed E-state index contributed by atoms with van der Waals surface area (Å²) in [6, 6.07) is 6.09. The van der Waals surface area contributed by atoms with Crippen molar-refractivity contribution in [3.63, 3.8) is 0 Å². The number of aryl methyl sites for hydroxylation is 1. The second-order valence-corrected chi connectivity index (χ2v) is 9.50. The lowest BCUT2D eigenvalue weighted by Crippen LogP contribution is -2.43. The number of rotatable bonds is 4. The summed E-state index contributed by atoms with van der Waals surface area (Å²) in [6.45, 7) is 0. The van der Waals surface area contributed by atoms with E-state index in [0.717, 1.165) is 47.3 Å². The Hall–Kier alpha value is -2.81. The van der Waals surface area contributed by atoms with Crippen LogP contribution < -0.4 is 21.8 Å². The van der Waals surface area contributed by atoms with Gasteiger partial charge in [0.25, 0.3) is 0 Å². The van der Waals surface area contributed by atoms with Crippen LogP contribution in [0, 0.1) is 17.8 Å². The molecule has 1 aromatic carbocycles. The highest BCUT2D eigenvalue weighted by atomic mass is 16.3. The third kappa shape index (κ3) is 2.68. The Morgan fingerprint density at radius 3 is 2.97 bits per heavy atom. The Balaban J connectivity index is 1.25. The Labute approximate surface area is 174 Å². The van der Waals surface area contributed by atoms with Crippen molar-refractivity contribution in [2.75, 3.05) is 10.6 Å². The van der Waals surface area contributed by atoms with Gasteiger partial charge in [0.05, 0.1) is 16.6 Å². The molecule has 4 aliphatic rings. The number of hydrogen-bond donors (Lipinski definition) is 4. The summed E-state index contributed by atoms with van der Waals surface area (Å²) in [5.41, 5.74) is 2.91. The fourth-order valence-corrected chi connectivity index (χ4v) is 6.23. The van der Waals surface area contributed by atoms with E-state index in [2.05, 4.69) is 20.6 Å². The molecular weight excluding hydrogens is 379 g/mol. The molecule has 4 N–H and O–H groups in total. The second-order valence-electron chi connectivity index (χ2n) is 9.50. The topological polar surface area (TPSA) is 108 Å². The van der Waals surface area contributed by atoms with Crippen molar-refractivity contribution in [1.29, 1.82) is 0 Å². The highest BCUT2D eigenvalue weighted by molar-refractivity contribution is 6.35. The fourth-order valence-electron chi connectivity index (χ4n) is 6.23. The second kappa shape index (κ2) is 6.10. The van der Waals surface area contributed by atoms with E-state index in [4.69, 9.17) is 4.98 Å². The quantitative estimate of drug-likeness (QED) is 0.475. The smallest absolute Gasteiger partial charge is 0.326 e. The van der Waals surface area contributed by atoms with E-state index in [9.17, 15) is 9.90 Å². The minimum Gasteiger partial charge on any atom is -0.390 e. The molecule has 2 heterocycles. The number of imidazole rings is 1. The summed E-state index contributed by atoms with van der Waals surface area (Å²) in [7, 11) is 3.77. The number of benzene rings is 1. The van der Waals surface area contributed by atoms with Crippen LogP contribution in [0.15, 0.2) is 29.2 Å². The molecular formula is C21H25BN6O2. The van der Waals surface area contributed by atoms with Crippen LogP contribution in [0.5, 0.6) is 0 Å². The van der Waals surface area contributed by atoms with Gasteiger partial charge in [-0.1, -0.05) is 0 Å². The van der Waals surface area contributed by atoms with Crippen molar-refractivity contribution in [3.05, 3.63) is 34.9 Å². The molecule has 8 nitrogen and oxygen atoms in total. The van der Waals surface area contributed by atoms with Crippen molar-refractivity contribution in [1.82, 2.24) is 19.5 Å². The molecule has 5 unspecified atom stereocenters. The van der Waals surface area contributed by atoms with Gasteiger partial charge in [0.1, 0.15) is 13.7 Å².